The van der Waals surface area contributed by atoms with Crippen LogP contribution >= 0.6 is 0 Å². The lowest BCUT2D eigenvalue weighted by Crippen LogP contribution is -2.53. The van der Waals surface area contributed by atoms with Gasteiger partial charge >= 0.3 is 0 Å². The van der Waals surface area contributed by atoms with Crippen molar-refractivity contribution in [1.82, 2.24) is 0 Å². The molecule has 0 saturated heterocycles. The summed E-state index contributed by atoms with van der Waals surface area (Å²) in [5.74, 6) is 0.397. The number of nitrogens with two attached hydrogens (primary N) is 1. The summed E-state index contributed by atoms with van der Waals surface area (Å²) in [7, 11) is 1.71. The third-order valence-electron chi connectivity index (χ3n) is 3.32. The molecule has 1 aromatic carbocycles. The fraction of sp³-hybridized carbons (Fsp3) is 0.571. The molecule has 0 saturated carbocycles. The first kappa shape index (κ1) is 14.0. The molecule has 0 aliphatic rings. The highest BCUT2D eigenvalue weighted by Crippen LogP contribution is 2.23. The summed E-state index contributed by atoms with van der Waals surface area (Å²) in [6, 6.07) is 8.35. The molecule has 3 nitrogen and oxygen atoms in total. The number of anilines is 1. The number of methoxy groups -OCH3 is 1. The van der Waals surface area contributed by atoms with E-state index in [1.165, 1.54) is 5.56 Å². The van der Waals surface area contributed by atoms with Crippen molar-refractivity contribution < 1.29 is 4.74 Å². The van der Waals surface area contributed by atoms with Crippen molar-refractivity contribution in [3.8, 4) is 0 Å². The van der Waals surface area contributed by atoms with E-state index < -0.39 is 0 Å². The number of nitrogens with one attached hydrogen (secondary N) is 1. The van der Waals surface area contributed by atoms with Gasteiger partial charge in [-0.05, 0) is 25.0 Å². The number of hydrogen-bond acceptors (Lipinski definition) is 3. The maximum atomic E-state index is 5.93. The summed E-state index contributed by atoms with van der Waals surface area (Å²) in [5, 5.41) is 3.52. The van der Waals surface area contributed by atoms with E-state index in [4.69, 9.17) is 10.5 Å². The van der Waals surface area contributed by atoms with E-state index >= 15 is 0 Å². The third kappa shape index (κ3) is 3.45. The van der Waals surface area contributed by atoms with Gasteiger partial charge in [0.05, 0.1) is 12.1 Å². The van der Waals surface area contributed by atoms with Crippen LogP contribution in [-0.4, -0.2) is 25.8 Å². The van der Waals surface area contributed by atoms with E-state index in [2.05, 4.69) is 50.4 Å². The average Bonchev–Trinajstić information content (AvgIpc) is 2.31. The normalized spacial score (nSPS) is 14.7. The van der Waals surface area contributed by atoms with Gasteiger partial charge in [0, 0.05) is 19.3 Å². The monoisotopic (exact) mass is 236 g/mol. The lowest BCUT2D eigenvalue weighted by atomic mass is 9.86. The Morgan fingerprint density at radius 1 is 1.29 bits per heavy atom. The van der Waals surface area contributed by atoms with Crippen LogP contribution < -0.4 is 11.1 Å². The fourth-order valence-electron chi connectivity index (χ4n) is 1.87. The third-order valence-corrected chi connectivity index (χ3v) is 3.32. The second-order valence-corrected chi connectivity index (χ2v) is 4.94. The zero-order valence-corrected chi connectivity index (χ0v) is 11.3. The Kier molecular flexibility index (Phi) is 4.97. The van der Waals surface area contributed by atoms with Crippen molar-refractivity contribution in [2.24, 2.45) is 11.7 Å². The Labute approximate surface area is 104 Å². The van der Waals surface area contributed by atoms with Crippen molar-refractivity contribution in [1.29, 1.82) is 0 Å². The predicted octanol–water partition coefficient (Wildman–Crippen LogP) is 2.41. The minimum atomic E-state index is -0.204. The molecule has 0 aliphatic heterocycles. The largest absolute Gasteiger partial charge is 0.382 e. The Balaban J connectivity index is 2.88. The molecule has 3 N–H and O–H groups in total. The highest BCUT2D eigenvalue weighted by Gasteiger charge is 2.32. The van der Waals surface area contributed by atoms with Gasteiger partial charge in [0.1, 0.15) is 0 Å². The Morgan fingerprint density at radius 3 is 2.29 bits per heavy atom. The molecule has 0 aromatic heterocycles. The van der Waals surface area contributed by atoms with E-state index in [1.807, 2.05) is 0 Å². The summed E-state index contributed by atoms with van der Waals surface area (Å²) >= 11 is 0. The van der Waals surface area contributed by atoms with Gasteiger partial charge in [-0.2, -0.15) is 0 Å². The Hall–Kier alpha value is -1.06. The molecule has 96 valence electrons. The van der Waals surface area contributed by atoms with Crippen molar-refractivity contribution in [2.45, 2.75) is 26.3 Å². The van der Waals surface area contributed by atoms with Crippen molar-refractivity contribution in [3.05, 3.63) is 29.8 Å². The van der Waals surface area contributed by atoms with E-state index in [9.17, 15) is 0 Å². The fourth-order valence-corrected chi connectivity index (χ4v) is 1.87. The zero-order chi connectivity index (χ0) is 12.9. The van der Waals surface area contributed by atoms with Crippen LogP contribution in [-0.2, 0) is 4.74 Å². The molecule has 1 unspecified atom stereocenters. The minimum absolute atomic E-state index is 0.204. The standard InChI is InChI=1S/C14H24N2O/c1-11(2)14(9-15,10-17-4)16-13-7-5-12(3)6-8-13/h5-8,11,16H,9-10,15H2,1-4H3. The lowest BCUT2D eigenvalue weighted by molar-refractivity contribution is 0.121. The molecule has 0 radical (unpaired) electrons. The van der Waals surface area contributed by atoms with Gasteiger partial charge in [-0.15, -0.1) is 0 Å². The SMILES string of the molecule is COCC(CN)(Nc1ccc(C)cc1)C(C)C. The average molecular weight is 236 g/mol. The Morgan fingerprint density at radius 2 is 1.88 bits per heavy atom. The summed E-state index contributed by atoms with van der Waals surface area (Å²) < 4.78 is 5.31. The summed E-state index contributed by atoms with van der Waals surface area (Å²) in [4.78, 5) is 0. The predicted molar refractivity (Wildman–Crippen MR) is 73.3 cm³/mol. The summed E-state index contributed by atoms with van der Waals surface area (Å²) in [5.41, 5.74) is 8.07. The van der Waals surface area contributed by atoms with Gasteiger partial charge in [-0.25, -0.2) is 0 Å². The molecule has 0 heterocycles. The van der Waals surface area contributed by atoms with E-state index in [1.54, 1.807) is 7.11 Å². The molecule has 0 aliphatic carbocycles. The van der Waals surface area contributed by atoms with E-state index in [-0.39, 0.29) is 5.54 Å². The smallest absolute Gasteiger partial charge is 0.0751 e. The number of ether oxygens (including phenoxy) is 1. The number of hydrogen-bond donors (Lipinski definition) is 2. The van der Waals surface area contributed by atoms with E-state index in [0.29, 0.717) is 19.1 Å². The van der Waals surface area contributed by atoms with Crippen LogP contribution in [0.4, 0.5) is 5.69 Å². The van der Waals surface area contributed by atoms with Crippen LogP contribution in [0.5, 0.6) is 0 Å². The number of benzene rings is 1. The molecule has 17 heavy (non-hydrogen) atoms. The highest BCUT2D eigenvalue weighted by molar-refractivity contribution is 5.47. The first-order valence-corrected chi connectivity index (χ1v) is 6.08. The van der Waals surface area contributed by atoms with Crippen LogP contribution in [0.2, 0.25) is 0 Å². The highest BCUT2D eigenvalue weighted by atomic mass is 16.5. The summed E-state index contributed by atoms with van der Waals surface area (Å²) in [6.07, 6.45) is 0. The second kappa shape index (κ2) is 6.03. The van der Waals surface area contributed by atoms with Crippen LogP contribution in [0.3, 0.4) is 0 Å². The molecule has 0 fully saturated rings. The molecule has 3 heteroatoms. The number of rotatable bonds is 6. The maximum Gasteiger partial charge on any atom is 0.0751 e. The molecule has 0 spiro atoms. The molecular formula is C14H24N2O. The lowest BCUT2D eigenvalue weighted by Gasteiger charge is -2.37. The number of aryl methyl sites for hydroxylation is 1. The quantitative estimate of drug-likeness (QED) is 0.797. The molecule has 0 amide bonds. The first-order valence-electron chi connectivity index (χ1n) is 6.08. The molecular weight excluding hydrogens is 212 g/mol. The van der Waals surface area contributed by atoms with Gasteiger partial charge in [0.15, 0.2) is 0 Å². The zero-order valence-electron chi connectivity index (χ0n) is 11.3. The van der Waals surface area contributed by atoms with Crippen molar-refractivity contribution in [2.75, 3.05) is 25.6 Å². The van der Waals surface area contributed by atoms with E-state index in [0.717, 1.165) is 5.69 Å². The van der Waals surface area contributed by atoms with Crippen molar-refractivity contribution in [3.63, 3.8) is 0 Å². The Bertz CT molecular complexity index is 335. The summed E-state index contributed by atoms with van der Waals surface area (Å²) in [6.45, 7) is 7.55. The van der Waals surface area contributed by atoms with Crippen molar-refractivity contribution >= 4 is 5.69 Å². The second-order valence-electron chi connectivity index (χ2n) is 4.94. The van der Waals surface area contributed by atoms with Gasteiger partial charge in [0.2, 0.25) is 0 Å². The van der Waals surface area contributed by atoms with Gasteiger partial charge in [-0.3, -0.25) is 0 Å². The van der Waals surface area contributed by atoms with Crippen LogP contribution in [0.15, 0.2) is 24.3 Å². The van der Waals surface area contributed by atoms with Gasteiger partial charge in [-0.1, -0.05) is 31.5 Å². The minimum Gasteiger partial charge on any atom is -0.382 e. The topological polar surface area (TPSA) is 47.3 Å². The molecule has 1 rings (SSSR count). The van der Waals surface area contributed by atoms with Gasteiger partial charge in [0.25, 0.3) is 0 Å². The molecule has 0 bridgehead atoms. The first-order chi connectivity index (χ1) is 8.04. The molecule has 1 aromatic rings. The molecule has 1 atom stereocenters. The van der Waals surface area contributed by atoms with Crippen LogP contribution in [0, 0.1) is 12.8 Å². The van der Waals surface area contributed by atoms with Gasteiger partial charge < -0.3 is 15.8 Å². The van der Waals surface area contributed by atoms with Crippen LogP contribution in [0.1, 0.15) is 19.4 Å². The van der Waals surface area contributed by atoms with Crippen LogP contribution in [0.25, 0.3) is 0 Å². The maximum absolute atomic E-state index is 5.93.